The number of rotatable bonds is 2. The van der Waals surface area contributed by atoms with Crippen molar-refractivity contribution in [3.05, 3.63) is 29.8 Å². The highest BCUT2D eigenvalue weighted by Gasteiger charge is 2.18. The molecular formula is C10H8O3. The first kappa shape index (κ1) is 7.86. The van der Waals surface area contributed by atoms with E-state index in [1.54, 1.807) is 18.2 Å². The van der Waals surface area contributed by atoms with Gasteiger partial charge in [-0.1, -0.05) is 18.7 Å². The molecule has 0 spiro atoms. The van der Waals surface area contributed by atoms with Gasteiger partial charge in [0.25, 0.3) is 0 Å². The zero-order valence-corrected chi connectivity index (χ0v) is 6.95. The van der Waals surface area contributed by atoms with Crippen LogP contribution >= 0.6 is 0 Å². The van der Waals surface area contributed by atoms with Crippen LogP contribution in [-0.2, 0) is 0 Å². The Balaban J connectivity index is 2.65. The number of benzene rings is 1. The minimum Gasteiger partial charge on any atom is -0.454 e. The molecule has 0 aliphatic carbocycles. The highest BCUT2D eigenvalue weighted by molar-refractivity contribution is 5.87. The summed E-state index contributed by atoms with van der Waals surface area (Å²) < 4.78 is 10.3. The minimum atomic E-state index is 0.177. The zero-order chi connectivity index (χ0) is 9.26. The molecule has 2 rings (SSSR count). The van der Waals surface area contributed by atoms with E-state index >= 15 is 0 Å². The van der Waals surface area contributed by atoms with Crippen molar-refractivity contribution in [1.82, 2.24) is 0 Å². The molecule has 0 aromatic heterocycles. The van der Waals surface area contributed by atoms with Gasteiger partial charge in [-0.25, -0.2) is 0 Å². The largest absolute Gasteiger partial charge is 0.454 e. The Morgan fingerprint density at radius 1 is 1.38 bits per heavy atom. The summed E-state index contributed by atoms with van der Waals surface area (Å²) in [7, 11) is 0. The van der Waals surface area contributed by atoms with E-state index in [1.807, 2.05) is 0 Å². The fourth-order valence-electron chi connectivity index (χ4n) is 1.31. The Labute approximate surface area is 75.6 Å². The molecule has 3 nitrogen and oxygen atoms in total. The molecule has 0 radical (unpaired) electrons. The van der Waals surface area contributed by atoms with Crippen LogP contribution in [0.5, 0.6) is 11.5 Å². The quantitative estimate of drug-likeness (QED) is 0.645. The van der Waals surface area contributed by atoms with Gasteiger partial charge in [0.05, 0.1) is 5.56 Å². The highest BCUT2D eigenvalue weighted by Crippen LogP contribution is 2.36. The number of carbonyl (C=O) groups excluding carboxylic acids is 1. The van der Waals surface area contributed by atoms with Gasteiger partial charge in [0, 0.05) is 0 Å². The lowest BCUT2D eigenvalue weighted by atomic mass is 10.1. The molecule has 0 saturated heterocycles. The van der Waals surface area contributed by atoms with Gasteiger partial charge in [0.15, 0.2) is 17.8 Å². The average Bonchev–Trinajstić information content (AvgIpc) is 2.63. The van der Waals surface area contributed by atoms with Crippen molar-refractivity contribution >= 4 is 12.4 Å². The van der Waals surface area contributed by atoms with Gasteiger partial charge in [0.2, 0.25) is 6.79 Å². The van der Waals surface area contributed by atoms with Crippen LogP contribution in [-0.4, -0.2) is 13.1 Å². The lowest BCUT2D eigenvalue weighted by Crippen LogP contribution is -1.94. The fourth-order valence-corrected chi connectivity index (χ4v) is 1.31. The Morgan fingerprint density at radius 2 is 2.23 bits per heavy atom. The molecular weight excluding hydrogens is 168 g/mol. The Morgan fingerprint density at radius 3 is 2.92 bits per heavy atom. The number of carbonyl (C=O) groups is 1. The summed E-state index contributed by atoms with van der Waals surface area (Å²) in [5.41, 5.74) is 1.27. The molecule has 1 aliphatic heterocycles. The van der Waals surface area contributed by atoms with Gasteiger partial charge in [-0.05, 0) is 11.6 Å². The molecule has 3 heteroatoms. The van der Waals surface area contributed by atoms with Gasteiger partial charge >= 0.3 is 0 Å². The molecule has 0 saturated carbocycles. The van der Waals surface area contributed by atoms with Crippen LogP contribution in [0.4, 0.5) is 0 Å². The maximum Gasteiger partial charge on any atom is 0.231 e. The van der Waals surface area contributed by atoms with Crippen molar-refractivity contribution < 1.29 is 14.3 Å². The second kappa shape index (κ2) is 2.94. The number of aldehydes is 1. The van der Waals surface area contributed by atoms with Crippen LogP contribution in [0.15, 0.2) is 18.7 Å². The van der Waals surface area contributed by atoms with E-state index in [2.05, 4.69) is 6.58 Å². The Kier molecular flexibility index (Phi) is 1.77. The molecule has 0 amide bonds. The van der Waals surface area contributed by atoms with Crippen LogP contribution in [0.25, 0.3) is 6.08 Å². The monoisotopic (exact) mass is 176 g/mol. The predicted molar refractivity (Wildman–Crippen MR) is 48.0 cm³/mol. The van der Waals surface area contributed by atoms with E-state index in [9.17, 15) is 4.79 Å². The van der Waals surface area contributed by atoms with Crippen LogP contribution in [0.3, 0.4) is 0 Å². The number of hydrogen-bond donors (Lipinski definition) is 0. The van der Waals surface area contributed by atoms with Crippen molar-refractivity contribution in [2.45, 2.75) is 0 Å². The molecule has 0 fully saturated rings. The zero-order valence-electron chi connectivity index (χ0n) is 6.95. The topological polar surface area (TPSA) is 35.5 Å². The van der Waals surface area contributed by atoms with E-state index in [0.717, 1.165) is 11.8 Å². The number of hydrogen-bond acceptors (Lipinski definition) is 3. The minimum absolute atomic E-state index is 0.177. The molecule has 1 heterocycles. The normalized spacial score (nSPS) is 12.6. The van der Waals surface area contributed by atoms with Crippen molar-refractivity contribution in [1.29, 1.82) is 0 Å². The standard InChI is InChI=1S/C10H8O3/c1-2-7-3-4-9-10(8(7)5-11)13-6-12-9/h2-5H,1,6H2. The smallest absolute Gasteiger partial charge is 0.231 e. The van der Waals surface area contributed by atoms with E-state index in [1.165, 1.54) is 0 Å². The summed E-state index contributed by atoms with van der Waals surface area (Å²) in [5, 5.41) is 0. The molecule has 0 N–H and O–H groups in total. The van der Waals surface area contributed by atoms with E-state index in [0.29, 0.717) is 17.1 Å². The van der Waals surface area contributed by atoms with Crippen molar-refractivity contribution in [2.75, 3.05) is 6.79 Å². The third kappa shape index (κ3) is 1.09. The molecule has 1 aromatic rings. The van der Waals surface area contributed by atoms with E-state index in [-0.39, 0.29) is 6.79 Å². The summed E-state index contributed by atoms with van der Waals surface area (Å²) in [5.74, 6) is 1.14. The molecule has 13 heavy (non-hydrogen) atoms. The van der Waals surface area contributed by atoms with Crippen molar-refractivity contribution in [3.63, 3.8) is 0 Å². The summed E-state index contributed by atoms with van der Waals surface area (Å²) in [4.78, 5) is 10.8. The van der Waals surface area contributed by atoms with Crippen LogP contribution < -0.4 is 9.47 Å². The first-order valence-corrected chi connectivity index (χ1v) is 3.87. The van der Waals surface area contributed by atoms with E-state index in [4.69, 9.17) is 9.47 Å². The van der Waals surface area contributed by atoms with Gasteiger partial charge in [-0.15, -0.1) is 0 Å². The number of fused-ring (bicyclic) bond motifs is 1. The van der Waals surface area contributed by atoms with E-state index < -0.39 is 0 Å². The summed E-state index contributed by atoms with van der Waals surface area (Å²) in [6, 6.07) is 3.55. The predicted octanol–water partition coefficient (Wildman–Crippen LogP) is 1.87. The Bertz CT molecular complexity index is 369. The summed E-state index contributed by atoms with van der Waals surface area (Å²) >= 11 is 0. The molecule has 1 aromatic carbocycles. The second-order valence-corrected chi connectivity index (χ2v) is 2.62. The maximum atomic E-state index is 10.8. The lowest BCUT2D eigenvalue weighted by Gasteiger charge is -2.02. The molecule has 0 bridgehead atoms. The third-order valence-electron chi connectivity index (χ3n) is 1.95. The van der Waals surface area contributed by atoms with Gasteiger partial charge in [-0.3, -0.25) is 4.79 Å². The average molecular weight is 176 g/mol. The molecule has 66 valence electrons. The first-order chi connectivity index (χ1) is 6.36. The lowest BCUT2D eigenvalue weighted by molar-refractivity contribution is 0.111. The first-order valence-electron chi connectivity index (χ1n) is 3.87. The van der Waals surface area contributed by atoms with Gasteiger partial charge < -0.3 is 9.47 Å². The van der Waals surface area contributed by atoms with Gasteiger partial charge in [-0.2, -0.15) is 0 Å². The Hall–Kier alpha value is -1.77. The second-order valence-electron chi connectivity index (χ2n) is 2.62. The highest BCUT2D eigenvalue weighted by atomic mass is 16.7. The molecule has 0 unspecified atom stereocenters. The number of ether oxygens (including phenoxy) is 2. The van der Waals surface area contributed by atoms with Crippen LogP contribution in [0.2, 0.25) is 0 Å². The van der Waals surface area contributed by atoms with Crippen LogP contribution in [0, 0.1) is 0 Å². The van der Waals surface area contributed by atoms with Crippen molar-refractivity contribution in [2.24, 2.45) is 0 Å². The fraction of sp³-hybridized carbons (Fsp3) is 0.100. The summed E-state index contributed by atoms with van der Waals surface area (Å²) in [6.45, 7) is 3.79. The van der Waals surface area contributed by atoms with Gasteiger partial charge in [0.1, 0.15) is 0 Å². The summed E-state index contributed by atoms with van der Waals surface area (Å²) in [6.07, 6.45) is 2.37. The molecule has 1 aliphatic rings. The maximum absolute atomic E-state index is 10.8. The SMILES string of the molecule is C=Cc1ccc2c(c1C=O)OCO2. The third-order valence-corrected chi connectivity index (χ3v) is 1.95. The van der Waals surface area contributed by atoms with Crippen LogP contribution in [0.1, 0.15) is 15.9 Å². The van der Waals surface area contributed by atoms with Crippen molar-refractivity contribution in [3.8, 4) is 11.5 Å². The molecule has 0 atom stereocenters.